The van der Waals surface area contributed by atoms with E-state index in [0.29, 0.717) is 17.1 Å². The number of aryl methyl sites for hydroxylation is 1. The smallest absolute Gasteiger partial charge is 0.319 e. The maximum atomic E-state index is 5.41. The Kier molecular flexibility index (Phi) is 4.52. The molecule has 0 spiro atoms. The van der Waals surface area contributed by atoms with E-state index in [9.17, 15) is 0 Å². The van der Waals surface area contributed by atoms with Gasteiger partial charge < -0.3 is 14.4 Å². The van der Waals surface area contributed by atoms with Gasteiger partial charge in [0.2, 0.25) is 5.88 Å². The van der Waals surface area contributed by atoms with E-state index in [1.807, 2.05) is 19.2 Å². The number of hydrogen-bond donors (Lipinski definition) is 0. The summed E-state index contributed by atoms with van der Waals surface area (Å²) in [6.07, 6.45) is 5.16. The molecular weight excluding hydrogens is 356 g/mol. The van der Waals surface area contributed by atoms with Crippen molar-refractivity contribution in [3.8, 4) is 23.0 Å². The third kappa shape index (κ3) is 2.98. The summed E-state index contributed by atoms with van der Waals surface area (Å²) in [5.74, 6) is 1.29. The third-order valence-electron chi connectivity index (χ3n) is 4.51. The van der Waals surface area contributed by atoms with Crippen LogP contribution in [0.1, 0.15) is 5.56 Å². The van der Waals surface area contributed by atoms with Gasteiger partial charge in [-0.2, -0.15) is 14.6 Å². The van der Waals surface area contributed by atoms with Crippen LogP contribution in [0.15, 0.2) is 48.9 Å². The molecule has 0 unspecified atom stereocenters. The molecule has 0 amide bonds. The van der Waals surface area contributed by atoms with E-state index in [1.54, 1.807) is 30.2 Å². The van der Waals surface area contributed by atoms with Crippen molar-refractivity contribution in [1.82, 2.24) is 24.6 Å². The lowest BCUT2D eigenvalue weighted by Gasteiger charge is -2.20. The molecule has 28 heavy (non-hydrogen) atoms. The van der Waals surface area contributed by atoms with E-state index >= 15 is 0 Å². The molecule has 3 heterocycles. The predicted molar refractivity (Wildman–Crippen MR) is 106 cm³/mol. The van der Waals surface area contributed by atoms with Crippen molar-refractivity contribution in [3.63, 3.8) is 0 Å². The molecule has 4 aromatic rings. The van der Waals surface area contributed by atoms with Crippen LogP contribution in [0, 0.1) is 6.92 Å². The van der Waals surface area contributed by atoms with Crippen molar-refractivity contribution in [1.29, 1.82) is 0 Å². The lowest BCUT2D eigenvalue weighted by atomic mass is 10.2. The Morgan fingerprint density at radius 3 is 2.61 bits per heavy atom. The molecule has 0 fully saturated rings. The Morgan fingerprint density at radius 1 is 1.00 bits per heavy atom. The van der Waals surface area contributed by atoms with Gasteiger partial charge in [-0.1, -0.05) is 12.1 Å². The van der Waals surface area contributed by atoms with E-state index in [0.717, 1.165) is 17.1 Å². The molecule has 0 aliphatic heterocycles. The van der Waals surface area contributed by atoms with E-state index < -0.39 is 0 Å². The quantitative estimate of drug-likeness (QED) is 0.529. The highest BCUT2D eigenvalue weighted by atomic mass is 16.5. The van der Waals surface area contributed by atoms with Crippen LogP contribution in [0.2, 0.25) is 0 Å². The first-order valence-corrected chi connectivity index (χ1v) is 8.71. The number of methoxy groups -OCH3 is 2. The molecule has 0 radical (unpaired) electrons. The SMILES string of the molecule is COc1ncc(-c2cnn3c(N(C)c4cccc(C)c4)ccnc23)c(OC)n1. The molecule has 1 aromatic carbocycles. The van der Waals surface area contributed by atoms with Gasteiger partial charge in [0, 0.05) is 25.1 Å². The minimum absolute atomic E-state index is 0.241. The summed E-state index contributed by atoms with van der Waals surface area (Å²) in [5, 5.41) is 4.55. The van der Waals surface area contributed by atoms with Crippen molar-refractivity contribution >= 4 is 17.2 Å². The van der Waals surface area contributed by atoms with E-state index in [-0.39, 0.29) is 6.01 Å². The first kappa shape index (κ1) is 17.7. The summed E-state index contributed by atoms with van der Waals surface area (Å²) in [6.45, 7) is 2.07. The van der Waals surface area contributed by atoms with Gasteiger partial charge in [0.1, 0.15) is 5.82 Å². The van der Waals surface area contributed by atoms with Gasteiger partial charge in [-0.05, 0) is 30.7 Å². The van der Waals surface area contributed by atoms with Gasteiger partial charge in [0.05, 0.1) is 31.5 Å². The monoisotopic (exact) mass is 376 g/mol. The molecule has 0 N–H and O–H groups in total. The molecule has 4 rings (SSSR count). The zero-order chi connectivity index (χ0) is 19.7. The molecule has 0 aliphatic carbocycles. The molecule has 142 valence electrons. The summed E-state index contributed by atoms with van der Waals surface area (Å²) in [7, 11) is 5.07. The number of nitrogens with zero attached hydrogens (tertiary/aromatic N) is 6. The number of aromatic nitrogens is 5. The second-order valence-corrected chi connectivity index (χ2v) is 6.27. The molecule has 0 bridgehead atoms. The van der Waals surface area contributed by atoms with Crippen LogP contribution in [-0.2, 0) is 0 Å². The molecule has 0 saturated carbocycles. The van der Waals surface area contributed by atoms with Crippen molar-refractivity contribution in [2.75, 3.05) is 26.2 Å². The number of rotatable bonds is 5. The molecule has 8 heteroatoms. The fraction of sp³-hybridized carbons (Fsp3) is 0.200. The van der Waals surface area contributed by atoms with Crippen molar-refractivity contribution in [3.05, 3.63) is 54.5 Å². The first-order valence-electron chi connectivity index (χ1n) is 8.71. The molecule has 3 aromatic heterocycles. The van der Waals surface area contributed by atoms with Crippen molar-refractivity contribution in [2.24, 2.45) is 0 Å². The summed E-state index contributed by atoms with van der Waals surface area (Å²) in [4.78, 5) is 15.0. The standard InChI is InChI=1S/C20H20N6O2/c1-13-6-5-7-14(10-13)25(2)17-8-9-21-18-15(12-23-26(17)18)16-11-22-20(28-4)24-19(16)27-3/h5-12H,1-4H3. The average molecular weight is 376 g/mol. The van der Waals surface area contributed by atoms with Gasteiger partial charge in [0.25, 0.3) is 0 Å². The number of fused-ring (bicyclic) bond motifs is 1. The normalized spacial score (nSPS) is 10.9. The summed E-state index contributed by atoms with van der Waals surface area (Å²) in [6, 6.07) is 10.5. The van der Waals surface area contributed by atoms with E-state index in [1.165, 1.54) is 12.7 Å². The van der Waals surface area contributed by atoms with Crippen LogP contribution in [-0.4, -0.2) is 45.8 Å². The lowest BCUT2D eigenvalue weighted by Crippen LogP contribution is -2.14. The van der Waals surface area contributed by atoms with Crippen molar-refractivity contribution < 1.29 is 9.47 Å². The van der Waals surface area contributed by atoms with Crippen LogP contribution < -0.4 is 14.4 Å². The van der Waals surface area contributed by atoms with Crippen LogP contribution >= 0.6 is 0 Å². The Hall–Kier alpha value is -3.68. The Balaban J connectivity index is 1.84. The van der Waals surface area contributed by atoms with Gasteiger partial charge in [-0.25, -0.2) is 9.97 Å². The number of benzene rings is 1. The average Bonchev–Trinajstić information content (AvgIpc) is 3.16. The minimum Gasteiger partial charge on any atom is -0.480 e. The van der Waals surface area contributed by atoms with Crippen molar-refractivity contribution in [2.45, 2.75) is 6.92 Å². The highest BCUT2D eigenvalue weighted by Gasteiger charge is 2.18. The largest absolute Gasteiger partial charge is 0.480 e. The lowest BCUT2D eigenvalue weighted by molar-refractivity contribution is 0.353. The summed E-state index contributed by atoms with van der Waals surface area (Å²) < 4.78 is 12.3. The third-order valence-corrected chi connectivity index (χ3v) is 4.51. The molecule has 8 nitrogen and oxygen atoms in total. The van der Waals surface area contributed by atoms with E-state index in [4.69, 9.17) is 9.47 Å². The van der Waals surface area contributed by atoms with Crippen LogP contribution in [0.4, 0.5) is 11.5 Å². The highest BCUT2D eigenvalue weighted by Crippen LogP contribution is 2.33. The van der Waals surface area contributed by atoms with Gasteiger partial charge in [0.15, 0.2) is 5.65 Å². The maximum Gasteiger partial charge on any atom is 0.319 e. The Labute approximate surface area is 162 Å². The fourth-order valence-electron chi connectivity index (χ4n) is 3.08. The predicted octanol–water partition coefficient (Wildman–Crippen LogP) is 3.28. The zero-order valence-corrected chi connectivity index (χ0v) is 16.1. The number of anilines is 2. The first-order chi connectivity index (χ1) is 13.6. The van der Waals surface area contributed by atoms with Gasteiger partial charge in [-0.3, -0.25) is 0 Å². The zero-order valence-electron chi connectivity index (χ0n) is 16.1. The minimum atomic E-state index is 0.241. The Morgan fingerprint density at radius 2 is 1.86 bits per heavy atom. The second-order valence-electron chi connectivity index (χ2n) is 6.27. The fourth-order valence-corrected chi connectivity index (χ4v) is 3.08. The maximum absolute atomic E-state index is 5.41. The number of hydrogen-bond acceptors (Lipinski definition) is 7. The molecule has 0 aliphatic rings. The van der Waals surface area contributed by atoms with Crippen LogP contribution in [0.3, 0.4) is 0 Å². The topological polar surface area (TPSA) is 77.7 Å². The van der Waals surface area contributed by atoms with Crippen LogP contribution in [0.5, 0.6) is 11.9 Å². The van der Waals surface area contributed by atoms with Crippen LogP contribution in [0.25, 0.3) is 16.8 Å². The number of ether oxygens (including phenoxy) is 2. The summed E-state index contributed by atoms with van der Waals surface area (Å²) >= 11 is 0. The molecule has 0 saturated heterocycles. The molecular formula is C20H20N6O2. The highest BCUT2D eigenvalue weighted by molar-refractivity contribution is 5.81. The Bertz CT molecular complexity index is 1140. The van der Waals surface area contributed by atoms with E-state index in [2.05, 4.69) is 50.1 Å². The van der Waals surface area contributed by atoms with Gasteiger partial charge in [-0.15, -0.1) is 0 Å². The van der Waals surface area contributed by atoms with Gasteiger partial charge >= 0.3 is 6.01 Å². The summed E-state index contributed by atoms with van der Waals surface area (Å²) in [5.41, 5.74) is 4.41. The second kappa shape index (κ2) is 7.15. The molecule has 0 atom stereocenters.